The van der Waals surface area contributed by atoms with E-state index in [9.17, 15) is 0 Å². The van der Waals surface area contributed by atoms with Gasteiger partial charge in [-0.25, -0.2) is 0 Å². The highest BCUT2D eigenvalue weighted by atomic mass is 16.5. The molecular weight excluding hydrogens is 264 g/mol. The standard InChI is InChI=1S/C17H28N2O2/c1-2-9-20-17-12-14(18)11-15(13-17)19-8-10-21-16-6-4-3-5-7-16/h11-13,16,19H,2-10,18H2,1H3. The summed E-state index contributed by atoms with van der Waals surface area (Å²) in [5, 5.41) is 3.36. The molecular formula is C17H28N2O2. The Morgan fingerprint density at radius 1 is 1.14 bits per heavy atom. The fourth-order valence-corrected chi connectivity index (χ4v) is 2.68. The molecule has 0 unspecified atom stereocenters. The van der Waals surface area contributed by atoms with Gasteiger partial charge in [0, 0.05) is 30.1 Å². The Bertz CT molecular complexity index is 417. The van der Waals surface area contributed by atoms with E-state index in [1.165, 1.54) is 32.1 Å². The first kappa shape index (κ1) is 16.0. The van der Waals surface area contributed by atoms with Crippen molar-refractivity contribution in [1.82, 2.24) is 0 Å². The molecule has 0 aliphatic heterocycles. The summed E-state index contributed by atoms with van der Waals surface area (Å²) in [6.07, 6.45) is 7.87. The monoisotopic (exact) mass is 292 g/mol. The molecule has 4 heteroatoms. The van der Waals surface area contributed by atoms with Gasteiger partial charge in [0.25, 0.3) is 0 Å². The van der Waals surface area contributed by atoms with Gasteiger partial charge >= 0.3 is 0 Å². The van der Waals surface area contributed by atoms with E-state index in [1.807, 2.05) is 18.2 Å². The number of nitrogen functional groups attached to an aromatic ring is 1. The molecule has 0 heterocycles. The van der Waals surface area contributed by atoms with Gasteiger partial charge in [-0.15, -0.1) is 0 Å². The predicted molar refractivity (Wildman–Crippen MR) is 88.0 cm³/mol. The number of ether oxygens (including phenoxy) is 2. The van der Waals surface area contributed by atoms with E-state index in [-0.39, 0.29) is 0 Å². The predicted octanol–water partition coefficient (Wildman–Crippen LogP) is 3.82. The molecule has 118 valence electrons. The normalized spacial score (nSPS) is 15.9. The van der Waals surface area contributed by atoms with Gasteiger partial charge in [0.05, 0.1) is 19.3 Å². The molecule has 2 rings (SSSR count). The molecule has 0 bridgehead atoms. The quantitative estimate of drug-likeness (QED) is 0.565. The molecule has 4 nitrogen and oxygen atoms in total. The molecule has 0 amide bonds. The van der Waals surface area contributed by atoms with Crippen LogP contribution in [0.1, 0.15) is 45.4 Å². The topological polar surface area (TPSA) is 56.5 Å². The molecule has 21 heavy (non-hydrogen) atoms. The molecule has 1 aliphatic carbocycles. The van der Waals surface area contributed by atoms with Gasteiger partial charge in [0.15, 0.2) is 0 Å². The van der Waals surface area contributed by atoms with Crippen LogP contribution in [0.15, 0.2) is 18.2 Å². The van der Waals surface area contributed by atoms with E-state index in [1.54, 1.807) is 0 Å². The van der Waals surface area contributed by atoms with Crippen molar-refractivity contribution in [2.45, 2.75) is 51.6 Å². The first-order chi connectivity index (χ1) is 10.3. The van der Waals surface area contributed by atoms with E-state index in [0.717, 1.165) is 36.7 Å². The molecule has 1 aliphatic rings. The third-order valence-corrected chi connectivity index (χ3v) is 3.74. The molecule has 0 atom stereocenters. The first-order valence-electron chi connectivity index (χ1n) is 8.17. The fraction of sp³-hybridized carbons (Fsp3) is 0.647. The van der Waals surface area contributed by atoms with Crippen LogP contribution >= 0.6 is 0 Å². The molecule has 1 fully saturated rings. The molecule has 3 N–H and O–H groups in total. The van der Waals surface area contributed by atoms with E-state index >= 15 is 0 Å². The number of hydrogen-bond donors (Lipinski definition) is 2. The van der Waals surface area contributed by atoms with Crippen molar-refractivity contribution >= 4 is 11.4 Å². The van der Waals surface area contributed by atoms with Crippen molar-refractivity contribution in [2.75, 3.05) is 30.8 Å². The largest absolute Gasteiger partial charge is 0.493 e. The molecule has 0 saturated heterocycles. The lowest BCUT2D eigenvalue weighted by Crippen LogP contribution is -2.20. The molecule has 1 aromatic rings. The number of anilines is 2. The Hall–Kier alpha value is -1.42. The lowest BCUT2D eigenvalue weighted by atomic mass is 9.98. The van der Waals surface area contributed by atoms with Crippen LogP contribution < -0.4 is 15.8 Å². The Morgan fingerprint density at radius 2 is 1.95 bits per heavy atom. The Morgan fingerprint density at radius 3 is 2.71 bits per heavy atom. The summed E-state index contributed by atoms with van der Waals surface area (Å²) in [6, 6.07) is 5.78. The lowest BCUT2D eigenvalue weighted by molar-refractivity contribution is 0.0347. The number of benzene rings is 1. The van der Waals surface area contributed by atoms with Crippen LogP contribution in [0.4, 0.5) is 11.4 Å². The maximum absolute atomic E-state index is 5.91. The van der Waals surface area contributed by atoms with Gasteiger partial charge in [-0.3, -0.25) is 0 Å². The summed E-state index contributed by atoms with van der Waals surface area (Å²) < 4.78 is 11.5. The van der Waals surface area contributed by atoms with Crippen LogP contribution in [0.3, 0.4) is 0 Å². The second-order valence-electron chi connectivity index (χ2n) is 5.70. The zero-order chi connectivity index (χ0) is 14.9. The van der Waals surface area contributed by atoms with Crippen molar-refractivity contribution in [3.05, 3.63) is 18.2 Å². The van der Waals surface area contributed by atoms with Gasteiger partial charge in [-0.1, -0.05) is 26.2 Å². The van der Waals surface area contributed by atoms with E-state index in [4.69, 9.17) is 15.2 Å². The molecule has 0 aromatic heterocycles. The van der Waals surface area contributed by atoms with Crippen LogP contribution in [0.2, 0.25) is 0 Å². The van der Waals surface area contributed by atoms with Crippen LogP contribution in [-0.4, -0.2) is 25.9 Å². The molecule has 1 saturated carbocycles. The van der Waals surface area contributed by atoms with Gasteiger partial charge in [0.2, 0.25) is 0 Å². The minimum atomic E-state index is 0.463. The zero-order valence-corrected chi connectivity index (χ0v) is 13.1. The third-order valence-electron chi connectivity index (χ3n) is 3.74. The highest BCUT2D eigenvalue weighted by molar-refractivity contribution is 5.59. The smallest absolute Gasteiger partial charge is 0.123 e. The Labute approximate surface area is 128 Å². The summed E-state index contributed by atoms with van der Waals surface area (Å²) in [5.41, 5.74) is 7.62. The van der Waals surface area contributed by atoms with Crippen molar-refractivity contribution < 1.29 is 9.47 Å². The molecule has 0 radical (unpaired) electrons. The summed E-state index contributed by atoms with van der Waals surface area (Å²) >= 11 is 0. The number of rotatable bonds is 8. The SMILES string of the molecule is CCCOc1cc(N)cc(NCCOC2CCCCC2)c1. The van der Waals surface area contributed by atoms with Crippen LogP contribution in [-0.2, 0) is 4.74 Å². The highest BCUT2D eigenvalue weighted by Gasteiger charge is 2.12. The van der Waals surface area contributed by atoms with E-state index in [2.05, 4.69) is 12.2 Å². The Kier molecular flexibility index (Phi) is 6.67. The van der Waals surface area contributed by atoms with Crippen LogP contribution in [0.25, 0.3) is 0 Å². The first-order valence-corrected chi connectivity index (χ1v) is 8.17. The van der Waals surface area contributed by atoms with E-state index in [0.29, 0.717) is 12.7 Å². The zero-order valence-electron chi connectivity index (χ0n) is 13.1. The highest BCUT2D eigenvalue weighted by Crippen LogP contribution is 2.23. The van der Waals surface area contributed by atoms with Crippen LogP contribution in [0, 0.1) is 0 Å². The fourth-order valence-electron chi connectivity index (χ4n) is 2.68. The second-order valence-corrected chi connectivity index (χ2v) is 5.70. The maximum atomic E-state index is 5.91. The van der Waals surface area contributed by atoms with Crippen LogP contribution in [0.5, 0.6) is 5.75 Å². The van der Waals surface area contributed by atoms with Crippen molar-refractivity contribution in [1.29, 1.82) is 0 Å². The summed E-state index contributed by atoms with van der Waals surface area (Å²) in [4.78, 5) is 0. The van der Waals surface area contributed by atoms with E-state index < -0.39 is 0 Å². The second kappa shape index (κ2) is 8.78. The summed E-state index contributed by atoms with van der Waals surface area (Å²) in [7, 11) is 0. The summed E-state index contributed by atoms with van der Waals surface area (Å²) in [6.45, 7) is 4.35. The molecule has 1 aromatic carbocycles. The minimum absolute atomic E-state index is 0.463. The number of nitrogens with two attached hydrogens (primary N) is 1. The summed E-state index contributed by atoms with van der Waals surface area (Å²) in [5.74, 6) is 0.826. The van der Waals surface area contributed by atoms with Gasteiger partial charge < -0.3 is 20.5 Å². The average molecular weight is 292 g/mol. The number of nitrogens with one attached hydrogen (secondary N) is 1. The van der Waals surface area contributed by atoms with Gasteiger partial charge in [-0.05, 0) is 25.3 Å². The number of hydrogen-bond acceptors (Lipinski definition) is 4. The van der Waals surface area contributed by atoms with Gasteiger partial charge in [-0.2, -0.15) is 0 Å². The van der Waals surface area contributed by atoms with Crippen molar-refractivity contribution in [3.63, 3.8) is 0 Å². The van der Waals surface area contributed by atoms with Crippen molar-refractivity contribution in [2.24, 2.45) is 0 Å². The minimum Gasteiger partial charge on any atom is -0.493 e. The van der Waals surface area contributed by atoms with Gasteiger partial charge in [0.1, 0.15) is 5.75 Å². The lowest BCUT2D eigenvalue weighted by Gasteiger charge is -2.22. The molecule has 0 spiro atoms. The van der Waals surface area contributed by atoms with Crippen molar-refractivity contribution in [3.8, 4) is 5.75 Å². The maximum Gasteiger partial charge on any atom is 0.123 e. The average Bonchev–Trinajstić information content (AvgIpc) is 2.50. The Balaban J connectivity index is 1.72. The third kappa shape index (κ3) is 5.84.